The molecule has 0 aromatic rings. The Balaban J connectivity index is 1.65. The van der Waals surface area contributed by atoms with Crippen molar-refractivity contribution in [1.82, 2.24) is 5.32 Å². The van der Waals surface area contributed by atoms with Crippen molar-refractivity contribution in [2.24, 2.45) is 17.6 Å². The number of hydrogen-bond acceptors (Lipinski definition) is 3. The molecule has 1 heterocycles. The molecular formula is C12H22N2O2. The van der Waals surface area contributed by atoms with Gasteiger partial charge < -0.3 is 15.8 Å². The first-order chi connectivity index (χ1) is 7.75. The van der Waals surface area contributed by atoms with Gasteiger partial charge in [0.25, 0.3) is 0 Å². The third-order valence-electron chi connectivity index (χ3n) is 3.76. The van der Waals surface area contributed by atoms with Crippen molar-refractivity contribution < 1.29 is 9.53 Å². The molecular weight excluding hydrogens is 204 g/mol. The molecule has 1 saturated heterocycles. The van der Waals surface area contributed by atoms with Crippen molar-refractivity contribution in [2.45, 2.75) is 38.1 Å². The zero-order valence-electron chi connectivity index (χ0n) is 9.78. The van der Waals surface area contributed by atoms with Crippen LogP contribution in [0.3, 0.4) is 0 Å². The minimum Gasteiger partial charge on any atom is -0.381 e. The van der Waals surface area contributed by atoms with E-state index < -0.39 is 0 Å². The molecule has 1 amide bonds. The highest BCUT2D eigenvalue weighted by molar-refractivity contribution is 5.78. The second-order valence-corrected chi connectivity index (χ2v) is 5.09. The van der Waals surface area contributed by atoms with Crippen LogP contribution < -0.4 is 11.1 Å². The number of nitrogens with two attached hydrogens (primary N) is 1. The molecule has 1 unspecified atom stereocenters. The zero-order valence-corrected chi connectivity index (χ0v) is 9.78. The molecule has 2 fully saturated rings. The van der Waals surface area contributed by atoms with Gasteiger partial charge in [0.15, 0.2) is 0 Å². The second kappa shape index (κ2) is 5.64. The highest BCUT2D eigenvalue weighted by Crippen LogP contribution is 2.22. The minimum absolute atomic E-state index is 0.0887. The first-order valence-corrected chi connectivity index (χ1v) is 6.36. The zero-order chi connectivity index (χ0) is 11.4. The van der Waals surface area contributed by atoms with Crippen LogP contribution in [-0.4, -0.2) is 31.7 Å². The Bertz CT molecular complexity index is 231. The smallest absolute Gasteiger partial charge is 0.225 e. The monoisotopic (exact) mass is 226 g/mol. The molecule has 1 aliphatic heterocycles. The summed E-state index contributed by atoms with van der Waals surface area (Å²) in [5, 5.41) is 3.05. The fourth-order valence-corrected chi connectivity index (χ4v) is 2.52. The van der Waals surface area contributed by atoms with Gasteiger partial charge in [0.05, 0.1) is 12.5 Å². The van der Waals surface area contributed by atoms with Gasteiger partial charge in [-0.05, 0) is 38.0 Å². The number of amides is 1. The molecule has 2 rings (SSSR count). The summed E-state index contributed by atoms with van der Waals surface area (Å²) in [4.78, 5) is 11.7. The highest BCUT2D eigenvalue weighted by Gasteiger charge is 2.24. The molecule has 1 saturated carbocycles. The standard InChI is InChI=1S/C12H22N2O2/c13-11-3-1-9(2-4-11)7-14-12(15)10-5-6-16-8-10/h9-11H,1-8,13H2,(H,14,15). The maximum absolute atomic E-state index is 11.7. The number of hydrogen-bond donors (Lipinski definition) is 2. The van der Waals surface area contributed by atoms with E-state index in [1.165, 1.54) is 0 Å². The normalized spacial score (nSPS) is 34.9. The Kier molecular flexibility index (Phi) is 4.18. The minimum atomic E-state index is 0.0887. The van der Waals surface area contributed by atoms with E-state index in [2.05, 4.69) is 5.32 Å². The predicted molar refractivity (Wildman–Crippen MR) is 61.9 cm³/mol. The van der Waals surface area contributed by atoms with Crippen LogP contribution in [0.5, 0.6) is 0 Å². The molecule has 0 bridgehead atoms. The molecule has 3 N–H and O–H groups in total. The number of carbonyl (C=O) groups is 1. The molecule has 0 radical (unpaired) electrons. The fourth-order valence-electron chi connectivity index (χ4n) is 2.52. The maximum Gasteiger partial charge on any atom is 0.225 e. The number of nitrogens with one attached hydrogen (secondary N) is 1. The van der Waals surface area contributed by atoms with Gasteiger partial charge in [-0.1, -0.05) is 0 Å². The van der Waals surface area contributed by atoms with Gasteiger partial charge in [-0.2, -0.15) is 0 Å². The van der Waals surface area contributed by atoms with Crippen LogP contribution in [0, 0.1) is 11.8 Å². The van der Waals surface area contributed by atoms with Crippen molar-refractivity contribution in [2.75, 3.05) is 19.8 Å². The first-order valence-electron chi connectivity index (χ1n) is 6.36. The lowest BCUT2D eigenvalue weighted by Crippen LogP contribution is -2.37. The van der Waals surface area contributed by atoms with E-state index in [4.69, 9.17) is 10.5 Å². The Labute approximate surface area is 96.9 Å². The predicted octanol–water partition coefficient (Wildman–Crippen LogP) is 0.657. The van der Waals surface area contributed by atoms with E-state index in [-0.39, 0.29) is 11.8 Å². The summed E-state index contributed by atoms with van der Waals surface area (Å²) >= 11 is 0. The van der Waals surface area contributed by atoms with Crippen molar-refractivity contribution >= 4 is 5.91 Å². The topological polar surface area (TPSA) is 64.3 Å². The van der Waals surface area contributed by atoms with Crippen LogP contribution in [0.2, 0.25) is 0 Å². The van der Waals surface area contributed by atoms with E-state index in [0.717, 1.165) is 45.3 Å². The van der Waals surface area contributed by atoms with Gasteiger partial charge in [-0.25, -0.2) is 0 Å². The van der Waals surface area contributed by atoms with E-state index in [1.54, 1.807) is 0 Å². The Morgan fingerprint density at radius 3 is 2.62 bits per heavy atom. The molecule has 0 aromatic heterocycles. The largest absolute Gasteiger partial charge is 0.381 e. The first kappa shape index (κ1) is 11.9. The number of ether oxygens (including phenoxy) is 1. The summed E-state index contributed by atoms with van der Waals surface area (Å²) in [6.45, 7) is 2.15. The molecule has 1 atom stereocenters. The molecule has 16 heavy (non-hydrogen) atoms. The number of carbonyl (C=O) groups excluding carboxylic acids is 1. The van der Waals surface area contributed by atoms with E-state index in [9.17, 15) is 4.79 Å². The van der Waals surface area contributed by atoms with Crippen LogP contribution in [0.15, 0.2) is 0 Å². The maximum atomic E-state index is 11.7. The fraction of sp³-hybridized carbons (Fsp3) is 0.917. The quantitative estimate of drug-likeness (QED) is 0.743. The molecule has 4 heteroatoms. The van der Waals surface area contributed by atoms with E-state index >= 15 is 0 Å². The van der Waals surface area contributed by atoms with Crippen LogP contribution in [-0.2, 0) is 9.53 Å². The van der Waals surface area contributed by atoms with Crippen LogP contribution in [0.25, 0.3) is 0 Å². The second-order valence-electron chi connectivity index (χ2n) is 5.09. The van der Waals surface area contributed by atoms with Crippen molar-refractivity contribution in [1.29, 1.82) is 0 Å². The van der Waals surface area contributed by atoms with Gasteiger partial charge in [0.2, 0.25) is 5.91 Å². The van der Waals surface area contributed by atoms with Gasteiger partial charge >= 0.3 is 0 Å². The van der Waals surface area contributed by atoms with Crippen molar-refractivity contribution in [3.05, 3.63) is 0 Å². The summed E-state index contributed by atoms with van der Waals surface area (Å²) in [5.74, 6) is 0.893. The molecule has 4 nitrogen and oxygen atoms in total. The van der Waals surface area contributed by atoms with Crippen LogP contribution >= 0.6 is 0 Å². The van der Waals surface area contributed by atoms with Crippen LogP contribution in [0.1, 0.15) is 32.1 Å². The lowest BCUT2D eigenvalue weighted by atomic mass is 9.86. The molecule has 1 aliphatic carbocycles. The SMILES string of the molecule is NC1CCC(CNC(=O)C2CCOC2)CC1. The Morgan fingerprint density at radius 2 is 2.00 bits per heavy atom. The summed E-state index contributed by atoms with van der Waals surface area (Å²) in [6, 6.07) is 0.384. The van der Waals surface area contributed by atoms with Crippen molar-refractivity contribution in [3.63, 3.8) is 0 Å². The highest BCUT2D eigenvalue weighted by atomic mass is 16.5. The summed E-state index contributed by atoms with van der Waals surface area (Å²) in [5.41, 5.74) is 5.85. The summed E-state index contributed by atoms with van der Waals surface area (Å²) in [7, 11) is 0. The van der Waals surface area contributed by atoms with Gasteiger partial charge in [0, 0.05) is 19.2 Å². The Hall–Kier alpha value is -0.610. The lowest BCUT2D eigenvalue weighted by molar-refractivity contribution is -0.125. The van der Waals surface area contributed by atoms with Crippen LogP contribution in [0.4, 0.5) is 0 Å². The van der Waals surface area contributed by atoms with E-state index in [1.807, 2.05) is 0 Å². The Morgan fingerprint density at radius 1 is 1.25 bits per heavy atom. The van der Waals surface area contributed by atoms with Gasteiger partial charge in [-0.15, -0.1) is 0 Å². The third kappa shape index (κ3) is 3.19. The average molecular weight is 226 g/mol. The van der Waals surface area contributed by atoms with E-state index in [0.29, 0.717) is 18.6 Å². The molecule has 0 spiro atoms. The molecule has 2 aliphatic rings. The van der Waals surface area contributed by atoms with Gasteiger partial charge in [0.1, 0.15) is 0 Å². The lowest BCUT2D eigenvalue weighted by Gasteiger charge is -2.26. The average Bonchev–Trinajstić information content (AvgIpc) is 2.81. The summed E-state index contributed by atoms with van der Waals surface area (Å²) < 4.78 is 5.21. The van der Waals surface area contributed by atoms with Gasteiger partial charge in [-0.3, -0.25) is 4.79 Å². The summed E-state index contributed by atoms with van der Waals surface area (Å²) in [6.07, 6.45) is 5.40. The third-order valence-corrected chi connectivity index (χ3v) is 3.76. The van der Waals surface area contributed by atoms with Crippen molar-refractivity contribution in [3.8, 4) is 0 Å². The molecule has 0 aromatic carbocycles. The molecule has 92 valence electrons. The number of rotatable bonds is 3.